The lowest BCUT2D eigenvalue weighted by Gasteiger charge is -2.18. The second-order valence-corrected chi connectivity index (χ2v) is 5.42. The van der Waals surface area contributed by atoms with Crippen LogP contribution in [0.1, 0.15) is 37.6 Å². The van der Waals surface area contributed by atoms with Gasteiger partial charge in [-0.25, -0.2) is 8.78 Å². The zero-order chi connectivity index (χ0) is 13.9. The van der Waals surface area contributed by atoms with E-state index in [2.05, 4.69) is 5.32 Å². The second-order valence-electron chi connectivity index (χ2n) is 5.42. The van der Waals surface area contributed by atoms with Crippen LogP contribution in [0, 0.1) is 17.0 Å². The van der Waals surface area contributed by atoms with Gasteiger partial charge >= 0.3 is 0 Å². The SMILES string of the molecule is CC(C)(C)CCNC(=O)c1cc(F)cc(N)c1F. The smallest absolute Gasteiger partial charge is 0.254 e. The van der Waals surface area contributed by atoms with Gasteiger partial charge in [0, 0.05) is 6.54 Å². The monoisotopic (exact) mass is 256 g/mol. The van der Waals surface area contributed by atoms with E-state index >= 15 is 0 Å². The number of halogens is 2. The average Bonchev–Trinajstić information content (AvgIpc) is 2.21. The van der Waals surface area contributed by atoms with Crippen LogP contribution in [0.15, 0.2) is 12.1 Å². The Hall–Kier alpha value is -1.65. The Kier molecular flexibility index (Phi) is 4.27. The molecule has 1 aromatic carbocycles. The number of anilines is 1. The number of amides is 1. The molecule has 5 heteroatoms. The number of benzene rings is 1. The van der Waals surface area contributed by atoms with E-state index in [1.807, 2.05) is 20.8 Å². The molecule has 0 unspecified atom stereocenters. The molecule has 0 aliphatic carbocycles. The predicted molar refractivity (Wildman–Crippen MR) is 67.2 cm³/mol. The van der Waals surface area contributed by atoms with Crippen molar-refractivity contribution in [2.24, 2.45) is 5.41 Å². The van der Waals surface area contributed by atoms with E-state index in [1.165, 1.54) is 0 Å². The maximum atomic E-state index is 13.5. The fraction of sp³-hybridized carbons (Fsp3) is 0.462. The van der Waals surface area contributed by atoms with E-state index in [9.17, 15) is 13.6 Å². The first-order valence-corrected chi connectivity index (χ1v) is 5.73. The molecule has 0 radical (unpaired) electrons. The van der Waals surface area contributed by atoms with Gasteiger partial charge in [-0.3, -0.25) is 4.79 Å². The Labute approximate surface area is 105 Å². The minimum atomic E-state index is -0.885. The third kappa shape index (κ3) is 3.98. The highest BCUT2D eigenvalue weighted by molar-refractivity contribution is 5.95. The highest BCUT2D eigenvalue weighted by atomic mass is 19.1. The lowest BCUT2D eigenvalue weighted by atomic mass is 9.92. The van der Waals surface area contributed by atoms with Gasteiger partial charge < -0.3 is 11.1 Å². The molecular weight excluding hydrogens is 238 g/mol. The Balaban J connectivity index is 2.73. The first kappa shape index (κ1) is 14.4. The molecule has 0 atom stereocenters. The maximum Gasteiger partial charge on any atom is 0.254 e. The summed E-state index contributed by atoms with van der Waals surface area (Å²) in [6.45, 7) is 6.48. The van der Waals surface area contributed by atoms with Gasteiger partial charge in [0.1, 0.15) is 5.82 Å². The summed E-state index contributed by atoms with van der Waals surface area (Å²) < 4.78 is 26.6. The van der Waals surface area contributed by atoms with E-state index in [0.717, 1.165) is 18.6 Å². The molecule has 0 aromatic heterocycles. The molecule has 0 bridgehead atoms. The van der Waals surface area contributed by atoms with Gasteiger partial charge in [0.05, 0.1) is 11.3 Å². The van der Waals surface area contributed by atoms with Crippen LogP contribution >= 0.6 is 0 Å². The summed E-state index contributed by atoms with van der Waals surface area (Å²) in [6, 6.07) is 1.69. The topological polar surface area (TPSA) is 55.1 Å². The molecule has 0 saturated carbocycles. The molecule has 3 N–H and O–H groups in total. The van der Waals surface area contributed by atoms with Crippen molar-refractivity contribution in [2.45, 2.75) is 27.2 Å². The van der Waals surface area contributed by atoms with Crippen LogP contribution in [0.3, 0.4) is 0 Å². The number of nitrogen functional groups attached to an aromatic ring is 1. The highest BCUT2D eigenvalue weighted by Crippen LogP contribution is 2.19. The Morgan fingerprint density at radius 1 is 1.33 bits per heavy atom. The van der Waals surface area contributed by atoms with E-state index in [0.29, 0.717) is 6.54 Å². The van der Waals surface area contributed by atoms with Crippen molar-refractivity contribution in [3.05, 3.63) is 29.3 Å². The Morgan fingerprint density at radius 3 is 2.50 bits per heavy atom. The molecule has 100 valence electrons. The van der Waals surface area contributed by atoms with Crippen LogP contribution in [0.25, 0.3) is 0 Å². The van der Waals surface area contributed by atoms with E-state index in [-0.39, 0.29) is 16.7 Å². The first-order chi connectivity index (χ1) is 8.20. The molecule has 0 saturated heterocycles. The van der Waals surface area contributed by atoms with Crippen LogP contribution in [0.2, 0.25) is 0 Å². The lowest BCUT2D eigenvalue weighted by molar-refractivity contribution is 0.0945. The second kappa shape index (κ2) is 5.33. The minimum Gasteiger partial charge on any atom is -0.396 e. The number of carbonyl (C=O) groups excluding carboxylic acids is 1. The van der Waals surface area contributed by atoms with Crippen LogP contribution in [0.4, 0.5) is 14.5 Å². The fourth-order valence-corrected chi connectivity index (χ4v) is 1.42. The molecule has 0 heterocycles. The molecule has 18 heavy (non-hydrogen) atoms. The van der Waals surface area contributed by atoms with Gasteiger partial charge in [0.25, 0.3) is 5.91 Å². The van der Waals surface area contributed by atoms with Gasteiger partial charge in [0.15, 0.2) is 5.82 Å². The molecule has 1 aromatic rings. The van der Waals surface area contributed by atoms with Crippen LogP contribution in [0.5, 0.6) is 0 Å². The molecular formula is C13H18F2N2O. The summed E-state index contributed by atoms with van der Waals surface area (Å²) >= 11 is 0. The predicted octanol–water partition coefficient (Wildman–Crippen LogP) is 2.71. The normalized spacial score (nSPS) is 11.4. The van der Waals surface area contributed by atoms with Gasteiger partial charge in [-0.15, -0.1) is 0 Å². The summed E-state index contributed by atoms with van der Waals surface area (Å²) in [6.07, 6.45) is 0.741. The standard InChI is InChI=1S/C13H18F2N2O/c1-13(2,3)4-5-17-12(18)9-6-8(14)7-10(16)11(9)15/h6-7H,4-5,16H2,1-3H3,(H,17,18). The van der Waals surface area contributed by atoms with Crippen molar-refractivity contribution in [1.29, 1.82) is 0 Å². The Bertz CT molecular complexity index is 453. The van der Waals surface area contributed by atoms with Crippen LogP contribution in [-0.4, -0.2) is 12.5 Å². The summed E-state index contributed by atoms with van der Waals surface area (Å²) in [5, 5.41) is 2.55. The number of nitrogens with two attached hydrogens (primary N) is 1. The molecule has 0 aliphatic heterocycles. The molecule has 1 rings (SSSR count). The lowest BCUT2D eigenvalue weighted by Crippen LogP contribution is -2.28. The van der Waals surface area contributed by atoms with Crippen molar-refractivity contribution < 1.29 is 13.6 Å². The summed E-state index contributed by atoms with van der Waals surface area (Å²) in [4.78, 5) is 11.7. The molecule has 1 amide bonds. The number of nitrogens with one attached hydrogen (secondary N) is 1. The summed E-state index contributed by atoms with van der Waals surface area (Å²) in [5.41, 5.74) is 4.60. The summed E-state index contributed by atoms with van der Waals surface area (Å²) in [7, 11) is 0. The quantitative estimate of drug-likeness (QED) is 0.817. The zero-order valence-corrected chi connectivity index (χ0v) is 10.8. The van der Waals surface area contributed by atoms with Gasteiger partial charge in [0.2, 0.25) is 0 Å². The molecule has 3 nitrogen and oxygen atoms in total. The number of rotatable bonds is 3. The molecule has 0 spiro atoms. The third-order valence-electron chi connectivity index (χ3n) is 2.47. The van der Waals surface area contributed by atoms with E-state index in [4.69, 9.17) is 5.73 Å². The van der Waals surface area contributed by atoms with Crippen LogP contribution in [-0.2, 0) is 0 Å². The van der Waals surface area contributed by atoms with Crippen molar-refractivity contribution in [2.75, 3.05) is 12.3 Å². The number of hydrogen-bond donors (Lipinski definition) is 2. The van der Waals surface area contributed by atoms with Gasteiger partial charge in [-0.05, 0) is 24.0 Å². The molecule has 0 fully saturated rings. The average molecular weight is 256 g/mol. The van der Waals surface area contributed by atoms with E-state index < -0.39 is 17.5 Å². The van der Waals surface area contributed by atoms with Crippen LogP contribution < -0.4 is 11.1 Å². The summed E-state index contributed by atoms with van der Waals surface area (Å²) in [5.74, 6) is -2.26. The van der Waals surface area contributed by atoms with Gasteiger partial charge in [-0.2, -0.15) is 0 Å². The highest BCUT2D eigenvalue weighted by Gasteiger charge is 2.17. The van der Waals surface area contributed by atoms with Crippen molar-refractivity contribution >= 4 is 11.6 Å². The third-order valence-corrected chi connectivity index (χ3v) is 2.47. The van der Waals surface area contributed by atoms with Gasteiger partial charge in [-0.1, -0.05) is 20.8 Å². The molecule has 0 aliphatic rings. The Morgan fingerprint density at radius 2 is 1.94 bits per heavy atom. The zero-order valence-electron chi connectivity index (χ0n) is 10.8. The van der Waals surface area contributed by atoms with Crippen molar-refractivity contribution in [3.8, 4) is 0 Å². The first-order valence-electron chi connectivity index (χ1n) is 5.73. The number of carbonyl (C=O) groups is 1. The van der Waals surface area contributed by atoms with Crippen molar-refractivity contribution in [1.82, 2.24) is 5.32 Å². The maximum absolute atomic E-state index is 13.5. The van der Waals surface area contributed by atoms with Crippen molar-refractivity contribution in [3.63, 3.8) is 0 Å². The fourth-order valence-electron chi connectivity index (χ4n) is 1.42. The number of hydrogen-bond acceptors (Lipinski definition) is 2. The largest absolute Gasteiger partial charge is 0.396 e. The minimum absolute atomic E-state index is 0.0623. The van der Waals surface area contributed by atoms with E-state index in [1.54, 1.807) is 0 Å².